The molecule has 0 aliphatic rings. The predicted octanol–water partition coefficient (Wildman–Crippen LogP) is 6.12. The van der Waals surface area contributed by atoms with Crippen LogP contribution in [0.2, 0.25) is 0 Å². The summed E-state index contributed by atoms with van der Waals surface area (Å²) >= 11 is 10.5. The van der Waals surface area contributed by atoms with E-state index in [-0.39, 0.29) is -0.565 Å². The van der Waals surface area contributed by atoms with Gasteiger partial charge in [-0.2, -0.15) is 0 Å². The van der Waals surface area contributed by atoms with Gasteiger partial charge in [-0.05, 0) is 31.5 Å². The number of alkyl halides is 3. The summed E-state index contributed by atoms with van der Waals surface area (Å²) in [5.41, 5.74) is 1.22. The highest BCUT2D eigenvalue weighted by molar-refractivity contribution is 14.3. The van der Waals surface area contributed by atoms with Gasteiger partial charge in [0.15, 0.2) is 0 Å². The van der Waals surface area contributed by atoms with Crippen LogP contribution in [0.15, 0.2) is 22.7 Å². The summed E-state index contributed by atoms with van der Waals surface area (Å²) in [5, 5.41) is 0. The molecule has 0 N–H and O–H groups in total. The first-order chi connectivity index (χ1) is 8.30. The summed E-state index contributed by atoms with van der Waals surface area (Å²) in [6.07, 6.45) is 0.963. The molecule has 1 rings (SSSR count). The van der Waals surface area contributed by atoms with Gasteiger partial charge in [-0.25, -0.2) is 0 Å². The van der Waals surface area contributed by atoms with Crippen molar-refractivity contribution in [3.05, 3.63) is 28.2 Å². The maximum absolute atomic E-state index is 5.02. The number of ether oxygens (including phenoxy) is 1. The maximum Gasteiger partial charge on any atom is 0.135 e. The molecule has 0 unspecified atom stereocenters. The Hall–Kier alpha value is 1.25. The number of halogens is 4. The molecule has 0 bridgehead atoms. The minimum Gasteiger partial charge on any atom is -0.497 e. The first kappa shape index (κ1) is 19.2. The minimum absolute atomic E-state index is 0.288. The third kappa shape index (κ3) is 10.1. The molecule has 18 heavy (non-hydrogen) atoms. The lowest BCUT2D eigenvalue weighted by Gasteiger charge is -2.04. The Morgan fingerprint density at radius 1 is 1.33 bits per heavy atom. The predicted molar refractivity (Wildman–Crippen MR) is 108 cm³/mol. The van der Waals surface area contributed by atoms with Gasteiger partial charge >= 0.3 is 0 Å². The van der Waals surface area contributed by atoms with Crippen molar-refractivity contribution in [2.75, 3.05) is 7.11 Å². The highest BCUT2D eigenvalue weighted by Crippen LogP contribution is 2.38. The van der Waals surface area contributed by atoms with Crippen molar-refractivity contribution in [1.29, 1.82) is 0 Å². The third-order valence-corrected chi connectivity index (χ3v) is 3.84. The van der Waals surface area contributed by atoms with Gasteiger partial charge in [0.05, 0.1) is 7.11 Å². The topological polar surface area (TPSA) is 9.23 Å². The van der Waals surface area contributed by atoms with Gasteiger partial charge in [-0.1, -0.05) is 89.8 Å². The van der Waals surface area contributed by atoms with E-state index in [0.717, 1.165) is 16.6 Å². The van der Waals surface area contributed by atoms with Gasteiger partial charge in [0, 0.05) is 10.9 Å². The van der Waals surface area contributed by atoms with Crippen LogP contribution in [0.5, 0.6) is 5.75 Å². The van der Waals surface area contributed by atoms with Gasteiger partial charge in [-0.3, -0.25) is 0 Å². The van der Waals surface area contributed by atoms with E-state index in [2.05, 4.69) is 95.5 Å². The molecule has 0 aromatic heterocycles. The summed E-state index contributed by atoms with van der Waals surface area (Å²) in [5.74, 6) is 6.76. The highest BCUT2D eigenvalue weighted by atomic mass is 127. The summed E-state index contributed by atoms with van der Waals surface area (Å²) < 4.78 is 6.40. The Kier molecular flexibility index (Phi) is 10.7. The fourth-order valence-electron chi connectivity index (χ4n) is 0.889. The quantitative estimate of drug-likeness (QED) is 0.214. The van der Waals surface area contributed by atoms with Gasteiger partial charge in [0.1, 0.15) is 5.18 Å². The van der Waals surface area contributed by atoms with Crippen molar-refractivity contribution in [3.8, 4) is 17.6 Å². The van der Waals surface area contributed by atoms with Crippen LogP contribution in [0.25, 0.3) is 0 Å². The molecule has 0 atom stereocenters. The van der Waals surface area contributed by atoms with Crippen molar-refractivity contribution in [2.24, 2.45) is 0 Å². The zero-order valence-corrected chi connectivity index (χ0v) is 18.4. The Morgan fingerprint density at radius 2 is 1.94 bits per heavy atom. The summed E-state index contributed by atoms with van der Waals surface area (Å²) in [4.78, 5) is 0. The first-order valence-electron chi connectivity index (χ1n) is 5.06. The standard InChI is InChI=1S/C8H9BrO.C5H5I3/c1-6-3-4-7(10-2)5-8(6)9;1-2-3-4-5(6,7)8/h3-5H,1-2H3;4H2,1H3. The number of hydrogen-bond donors (Lipinski definition) is 0. The molecule has 0 aliphatic carbocycles. The van der Waals surface area contributed by atoms with Crippen LogP contribution < -0.4 is 4.74 Å². The monoisotopic (exact) mass is 646 g/mol. The second-order valence-electron chi connectivity index (χ2n) is 3.33. The molecule has 0 aliphatic heterocycles. The van der Waals surface area contributed by atoms with Crippen LogP contribution in [-0.4, -0.2) is 6.54 Å². The van der Waals surface area contributed by atoms with Gasteiger partial charge in [0.25, 0.3) is 0 Å². The van der Waals surface area contributed by atoms with E-state index >= 15 is 0 Å². The molecular weight excluding hydrogens is 633 g/mol. The Labute approximate surface area is 159 Å². The van der Waals surface area contributed by atoms with Gasteiger partial charge in [0.2, 0.25) is 0 Å². The van der Waals surface area contributed by atoms with Gasteiger partial charge in [-0.15, -0.1) is 11.8 Å². The summed E-state index contributed by atoms with van der Waals surface area (Å²) in [7, 11) is 1.66. The Bertz CT molecular complexity index is 430. The number of hydrogen-bond acceptors (Lipinski definition) is 1. The van der Waals surface area contributed by atoms with E-state index in [1.807, 2.05) is 32.0 Å². The second-order valence-corrected chi connectivity index (χ2v) is 15.9. The second kappa shape index (κ2) is 10.0. The highest BCUT2D eigenvalue weighted by Gasteiger charge is 2.13. The van der Waals surface area contributed by atoms with Gasteiger partial charge < -0.3 is 4.74 Å². The molecule has 0 spiro atoms. The molecule has 0 fully saturated rings. The molecule has 1 aromatic carbocycles. The molecular formula is C13H14BrI3O. The maximum atomic E-state index is 5.02. The molecule has 5 heteroatoms. The van der Waals surface area contributed by atoms with Crippen molar-refractivity contribution >= 4 is 83.7 Å². The average Bonchev–Trinajstić information content (AvgIpc) is 2.30. The number of aryl methyl sites for hydroxylation is 1. The smallest absolute Gasteiger partial charge is 0.135 e. The lowest BCUT2D eigenvalue weighted by atomic mass is 10.2. The largest absolute Gasteiger partial charge is 0.497 e. The minimum atomic E-state index is 0.288. The SMILES string of the molecule is CC#CCC(I)(I)I.COc1ccc(C)c(Br)c1. The van der Waals surface area contributed by atoms with Crippen LogP contribution in [0.4, 0.5) is 0 Å². The van der Waals surface area contributed by atoms with Crippen molar-refractivity contribution in [1.82, 2.24) is 0 Å². The van der Waals surface area contributed by atoms with Crippen LogP contribution >= 0.6 is 83.7 Å². The molecule has 1 nitrogen and oxygen atoms in total. The van der Waals surface area contributed by atoms with Crippen LogP contribution in [-0.2, 0) is 0 Å². The summed E-state index contributed by atoms with van der Waals surface area (Å²) in [6.45, 7) is 3.92. The summed E-state index contributed by atoms with van der Waals surface area (Å²) in [6, 6.07) is 5.92. The van der Waals surface area contributed by atoms with E-state index in [0.29, 0.717) is 0 Å². The Morgan fingerprint density at radius 3 is 2.28 bits per heavy atom. The molecule has 100 valence electrons. The van der Waals surface area contributed by atoms with E-state index in [1.165, 1.54) is 5.56 Å². The van der Waals surface area contributed by atoms with Crippen LogP contribution in [0.1, 0.15) is 18.9 Å². The van der Waals surface area contributed by atoms with E-state index < -0.39 is 0 Å². The number of rotatable bonds is 2. The molecule has 0 radical (unpaired) electrons. The zero-order valence-electron chi connectivity index (χ0n) is 10.4. The first-order valence-corrected chi connectivity index (χ1v) is 9.09. The Balaban J connectivity index is 0.000000331. The van der Waals surface area contributed by atoms with Crippen molar-refractivity contribution < 1.29 is 4.74 Å². The molecule has 1 aromatic rings. The molecule has 0 heterocycles. The number of benzene rings is 1. The molecule has 0 saturated carbocycles. The normalized spacial score (nSPS) is 9.72. The molecule has 0 saturated heterocycles. The lowest BCUT2D eigenvalue weighted by Crippen LogP contribution is -1.94. The van der Waals surface area contributed by atoms with E-state index in [1.54, 1.807) is 7.11 Å². The molecule has 0 amide bonds. The number of methoxy groups -OCH3 is 1. The fourth-order valence-corrected chi connectivity index (χ4v) is 1.82. The van der Waals surface area contributed by atoms with E-state index in [9.17, 15) is 0 Å². The van der Waals surface area contributed by atoms with Crippen molar-refractivity contribution in [3.63, 3.8) is 0 Å². The third-order valence-electron chi connectivity index (χ3n) is 1.84. The van der Waals surface area contributed by atoms with E-state index in [4.69, 9.17) is 4.74 Å². The van der Waals surface area contributed by atoms with Crippen molar-refractivity contribution in [2.45, 2.75) is 19.7 Å². The fraction of sp³-hybridized carbons (Fsp3) is 0.385. The lowest BCUT2D eigenvalue weighted by molar-refractivity contribution is 0.414. The zero-order chi connectivity index (χ0) is 14.2. The van der Waals surface area contributed by atoms with Crippen LogP contribution in [0, 0.1) is 18.8 Å². The van der Waals surface area contributed by atoms with Crippen LogP contribution in [0.3, 0.4) is 0 Å². The average molecular weight is 647 g/mol.